The number of nitrogens with one attached hydrogen (secondary N) is 1. The van der Waals surface area contributed by atoms with E-state index >= 15 is 0 Å². The zero-order chi connectivity index (χ0) is 40.2. The third-order valence-electron chi connectivity index (χ3n) is 9.23. The number of aliphatic imine (C=N–C) groups is 1. The number of nitrogens with zero attached hydrogens (tertiary/aromatic N) is 1. The lowest BCUT2D eigenvalue weighted by Crippen LogP contribution is -2.70. The number of carboxylic acid groups (broad SMARTS) is 1. The summed E-state index contributed by atoms with van der Waals surface area (Å²) in [5, 5.41) is 66.0. The van der Waals surface area contributed by atoms with Crippen LogP contribution in [0.15, 0.2) is 28.1 Å². The Morgan fingerprint density at radius 1 is 1.17 bits per heavy atom. The SMILES string of the molecule is C/C=C(/N=C=S)C(=O)O[C@@H]1[C@@H](O[C@@H]2C[C@@H](OC)[C@@](O)([C@H](C)OC(=O)C(C)C)[C@H](C)O2)[C@@H](O)[C@@H]([C@@]2(O)CC(=O)C(=N)C(C(=O)O)=C2O)O[C@@H]1COC(C)=O. The maximum atomic E-state index is 13.3. The second kappa shape index (κ2) is 17.4. The van der Waals surface area contributed by atoms with Gasteiger partial charge in [-0.15, -0.1) is 0 Å². The highest BCUT2D eigenvalue weighted by Gasteiger charge is 2.62. The van der Waals surface area contributed by atoms with Crippen molar-refractivity contribution < 1.29 is 82.7 Å². The molecule has 19 nitrogen and oxygen atoms in total. The number of Topliss-reactive ketones (excluding diaryl/α,β-unsaturated/α-hetero) is 1. The Bertz CT molecular complexity index is 1590. The Kier molecular flexibility index (Phi) is 14.3. The van der Waals surface area contributed by atoms with Crippen LogP contribution in [0.5, 0.6) is 0 Å². The van der Waals surface area contributed by atoms with E-state index < -0.39 is 132 Å². The number of ketones is 1. The highest BCUT2D eigenvalue weighted by molar-refractivity contribution is 7.78. The zero-order valence-electron chi connectivity index (χ0n) is 30.0. The van der Waals surface area contributed by atoms with Crippen molar-refractivity contribution >= 4 is 52.8 Å². The Labute approximate surface area is 309 Å². The fraction of sp³-hybridized carbons (Fsp3) is 0.667. The fourth-order valence-electron chi connectivity index (χ4n) is 6.31. The third-order valence-corrected chi connectivity index (χ3v) is 9.32. The van der Waals surface area contributed by atoms with E-state index in [1.165, 1.54) is 34.0 Å². The summed E-state index contributed by atoms with van der Waals surface area (Å²) in [6, 6.07) is 0. The molecular weight excluding hydrogens is 728 g/mol. The molecule has 2 heterocycles. The smallest absolute Gasteiger partial charge is 0.357 e. The van der Waals surface area contributed by atoms with E-state index in [-0.39, 0.29) is 12.1 Å². The predicted octanol–water partition coefficient (Wildman–Crippen LogP) is 0.0705. The molecule has 0 radical (unpaired) electrons. The highest BCUT2D eigenvalue weighted by Crippen LogP contribution is 2.42. The van der Waals surface area contributed by atoms with Gasteiger partial charge in [-0.05, 0) is 33.0 Å². The second-order valence-electron chi connectivity index (χ2n) is 13.0. The van der Waals surface area contributed by atoms with Crippen LogP contribution in [0.1, 0.15) is 54.4 Å². The number of hydrogen-bond acceptors (Lipinski definition) is 19. The van der Waals surface area contributed by atoms with Gasteiger partial charge >= 0.3 is 23.9 Å². The minimum absolute atomic E-state index is 0.325. The van der Waals surface area contributed by atoms with Gasteiger partial charge in [-0.3, -0.25) is 19.8 Å². The van der Waals surface area contributed by atoms with E-state index in [4.69, 9.17) is 38.6 Å². The van der Waals surface area contributed by atoms with Crippen LogP contribution in [0.3, 0.4) is 0 Å². The van der Waals surface area contributed by atoms with Crippen molar-refractivity contribution in [1.29, 1.82) is 5.41 Å². The van der Waals surface area contributed by atoms with E-state index in [0.717, 1.165) is 6.92 Å². The van der Waals surface area contributed by atoms with Crippen molar-refractivity contribution in [3.05, 3.63) is 23.1 Å². The molecule has 20 heteroatoms. The van der Waals surface area contributed by atoms with Crippen LogP contribution in [0, 0.1) is 11.3 Å². The number of carbonyl (C=O) groups is 5. The van der Waals surface area contributed by atoms with Gasteiger partial charge < -0.3 is 58.7 Å². The van der Waals surface area contributed by atoms with Crippen molar-refractivity contribution in [2.45, 2.75) is 121 Å². The lowest BCUT2D eigenvalue weighted by molar-refractivity contribution is -0.345. The molecule has 3 rings (SSSR count). The molecule has 0 bridgehead atoms. The van der Waals surface area contributed by atoms with Crippen molar-refractivity contribution in [3.63, 3.8) is 0 Å². The van der Waals surface area contributed by atoms with E-state index in [2.05, 4.69) is 17.2 Å². The molecule has 0 spiro atoms. The van der Waals surface area contributed by atoms with Crippen LogP contribution in [-0.2, 0) is 57.1 Å². The Hall–Kier alpha value is -3.98. The van der Waals surface area contributed by atoms with Crippen LogP contribution in [0.25, 0.3) is 0 Å². The van der Waals surface area contributed by atoms with Crippen LogP contribution >= 0.6 is 12.2 Å². The largest absolute Gasteiger partial charge is 0.508 e. The summed E-state index contributed by atoms with van der Waals surface area (Å²) >= 11 is 4.60. The van der Waals surface area contributed by atoms with Gasteiger partial charge in [0.2, 0.25) is 0 Å². The normalized spacial score (nSPS) is 34.2. The first kappa shape index (κ1) is 43.4. The van der Waals surface area contributed by atoms with E-state index in [1.54, 1.807) is 13.8 Å². The number of esters is 3. The molecular formula is C33H44N2O17S. The van der Waals surface area contributed by atoms with Gasteiger partial charge in [0.25, 0.3) is 0 Å². The number of ether oxygens (including phenoxy) is 7. The zero-order valence-corrected chi connectivity index (χ0v) is 30.8. The molecule has 0 amide bonds. The van der Waals surface area contributed by atoms with Gasteiger partial charge in [-0.2, -0.15) is 4.99 Å². The summed E-state index contributed by atoms with van der Waals surface area (Å²) in [5.41, 5.74) is -7.74. The van der Waals surface area contributed by atoms with E-state index in [0.29, 0.717) is 0 Å². The molecule has 6 N–H and O–H groups in total. The standard InChI is InChI=1S/C33H44N2O17S/c1-8-17(35-12-53)31(43)52-25-19(11-47-16(6)36)50-28(32(44)10-18(37)23(34)22(27(32)39)29(40)41)24(38)26(25)51-21-9-20(46-7)33(45,14(4)48-21)15(5)49-30(42)13(2)3/h8,13-15,19-21,24-26,28,34,38-39,44-45H,9-11H2,1-7H3,(H,40,41)/b17-8+,34-23?/t14-,15-,19+,20+,21+,24+,25-,26-,28-,32+,33-/m0/s1. The number of thiocarbonyl (C=S) groups is 1. The van der Waals surface area contributed by atoms with Crippen molar-refractivity contribution in [1.82, 2.24) is 0 Å². The fourth-order valence-corrected chi connectivity index (χ4v) is 6.41. The van der Waals surface area contributed by atoms with Gasteiger partial charge in [0.1, 0.15) is 54.2 Å². The molecule has 1 aliphatic carbocycles. The summed E-state index contributed by atoms with van der Waals surface area (Å²) in [5.74, 6) is -7.74. The summed E-state index contributed by atoms with van der Waals surface area (Å²) in [4.78, 5) is 66.0. The number of methoxy groups -OCH3 is 1. The number of aliphatic carboxylic acids is 1. The molecule has 2 aliphatic heterocycles. The molecule has 0 unspecified atom stereocenters. The van der Waals surface area contributed by atoms with Crippen molar-refractivity contribution in [3.8, 4) is 0 Å². The number of carboxylic acids is 1. The number of aliphatic hydroxyl groups is 4. The molecule has 0 aromatic carbocycles. The van der Waals surface area contributed by atoms with Crippen LogP contribution in [-0.4, -0.2) is 146 Å². The highest BCUT2D eigenvalue weighted by atomic mass is 32.1. The summed E-state index contributed by atoms with van der Waals surface area (Å²) in [7, 11) is 1.26. The number of hydrogen-bond donors (Lipinski definition) is 6. The Balaban J connectivity index is 2.15. The van der Waals surface area contributed by atoms with Crippen molar-refractivity contribution in [2.24, 2.45) is 10.9 Å². The third kappa shape index (κ3) is 8.88. The number of allylic oxidation sites excluding steroid dienone is 1. The average Bonchev–Trinajstić information content (AvgIpc) is 3.08. The summed E-state index contributed by atoms with van der Waals surface area (Å²) < 4.78 is 39.9. The maximum absolute atomic E-state index is 13.3. The van der Waals surface area contributed by atoms with Crippen molar-refractivity contribution in [2.75, 3.05) is 13.7 Å². The number of isothiocyanates is 1. The molecule has 2 fully saturated rings. The average molecular weight is 773 g/mol. The van der Waals surface area contributed by atoms with Gasteiger partial charge in [-0.25, -0.2) is 9.59 Å². The van der Waals surface area contributed by atoms with Gasteiger partial charge in [-0.1, -0.05) is 19.9 Å². The topological polar surface area (TPSA) is 287 Å². The Morgan fingerprint density at radius 3 is 2.34 bits per heavy atom. The molecule has 3 aliphatic rings. The quantitative estimate of drug-likeness (QED) is 0.0475. The first-order chi connectivity index (χ1) is 24.7. The maximum Gasteiger partial charge on any atom is 0.357 e. The summed E-state index contributed by atoms with van der Waals surface area (Å²) in [6.45, 7) is 7.77. The molecule has 53 heavy (non-hydrogen) atoms. The first-order valence-corrected chi connectivity index (χ1v) is 16.8. The van der Waals surface area contributed by atoms with E-state index in [1.807, 2.05) is 5.16 Å². The lowest BCUT2D eigenvalue weighted by atomic mass is 9.74. The summed E-state index contributed by atoms with van der Waals surface area (Å²) in [6.07, 6.45) is -15.0. The first-order valence-electron chi connectivity index (χ1n) is 16.4. The molecule has 0 saturated carbocycles. The second-order valence-corrected chi connectivity index (χ2v) is 13.1. The molecule has 0 aromatic rings. The predicted molar refractivity (Wildman–Crippen MR) is 180 cm³/mol. The molecule has 11 atom stereocenters. The lowest BCUT2D eigenvalue weighted by Gasteiger charge is -2.52. The van der Waals surface area contributed by atoms with E-state index in [9.17, 15) is 49.5 Å². The number of rotatable bonds is 13. The van der Waals surface area contributed by atoms with Crippen LogP contribution in [0.2, 0.25) is 0 Å². The van der Waals surface area contributed by atoms with Gasteiger partial charge in [0, 0.05) is 20.5 Å². The van der Waals surface area contributed by atoms with Gasteiger partial charge in [0.15, 0.2) is 35.1 Å². The molecule has 2 saturated heterocycles. The Morgan fingerprint density at radius 2 is 1.81 bits per heavy atom. The molecule has 294 valence electrons. The van der Waals surface area contributed by atoms with Crippen LogP contribution in [0.4, 0.5) is 0 Å². The monoisotopic (exact) mass is 772 g/mol. The number of aliphatic hydroxyl groups excluding tert-OH is 2. The van der Waals surface area contributed by atoms with Gasteiger partial charge in [0.05, 0.1) is 29.7 Å². The molecule has 0 aromatic heterocycles. The minimum Gasteiger partial charge on any atom is -0.508 e. The minimum atomic E-state index is -3.03. The number of carbonyl (C=O) groups excluding carboxylic acids is 4. The van der Waals surface area contributed by atoms with Crippen LogP contribution < -0.4 is 0 Å².